The van der Waals surface area contributed by atoms with Crippen molar-refractivity contribution in [2.24, 2.45) is 4.99 Å². The van der Waals surface area contributed by atoms with Crippen LogP contribution in [0.2, 0.25) is 5.02 Å². The van der Waals surface area contributed by atoms with Crippen LogP contribution in [0.3, 0.4) is 0 Å². The van der Waals surface area contributed by atoms with E-state index in [1.54, 1.807) is 36.3 Å². The van der Waals surface area contributed by atoms with E-state index in [0.717, 1.165) is 28.3 Å². The van der Waals surface area contributed by atoms with E-state index in [0.29, 0.717) is 33.1 Å². The molecule has 1 amide bonds. The van der Waals surface area contributed by atoms with Crippen LogP contribution < -0.4 is 14.4 Å². The second-order valence-electron chi connectivity index (χ2n) is 7.25. The molecule has 170 valence electrons. The summed E-state index contributed by atoms with van der Waals surface area (Å²) >= 11 is 7.63. The van der Waals surface area contributed by atoms with Gasteiger partial charge in [0.1, 0.15) is 23.0 Å². The summed E-state index contributed by atoms with van der Waals surface area (Å²) in [4.78, 5) is 19.7. The molecule has 0 aliphatic carbocycles. The van der Waals surface area contributed by atoms with Gasteiger partial charge in [-0.3, -0.25) is 9.69 Å². The molecule has 1 aliphatic rings. The lowest BCUT2D eigenvalue weighted by molar-refractivity contribution is -0.113. The van der Waals surface area contributed by atoms with Gasteiger partial charge in [-0.15, -0.1) is 0 Å². The number of hydrogen-bond acceptors (Lipinski definition) is 7. The maximum atomic E-state index is 13.4. The third-order valence-corrected chi connectivity index (χ3v) is 6.45. The minimum absolute atomic E-state index is 0.239. The van der Waals surface area contributed by atoms with Crippen molar-refractivity contribution in [3.05, 3.63) is 75.8 Å². The van der Waals surface area contributed by atoms with Crippen molar-refractivity contribution in [2.75, 3.05) is 19.1 Å². The molecule has 2 heterocycles. The molecule has 0 fully saturated rings. The average molecular weight is 484 g/mol. The third-order valence-electron chi connectivity index (χ3n) is 5.17. The smallest absolute Gasteiger partial charge is 0.283 e. The van der Waals surface area contributed by atoms with Gasteiger partial charge in [-0.1, -0.05) is 40.7 Å². The number of halogens is 1. The Kier molecular flexibility index (Phi) is 6.76. The van der Waals surface area contributed by atoms with Crippen LogP contribution in [0.15, 0.2) is 57.7 Å². The fourth-order valence-electron chi connectivity index (χ4n) is 3.31. The Morgan fingerprint density at radius 2 is 1.88 bits per heavy atom. The Morgan fingerprint density at radius 1 is 1.12 bits per heavy atom. The first-order valence-corrected chi connectivity index (χ1v) is 11.4. The molecular weight excluding hydrogens is 462 g/mol. The fraction of sp³-hybridized carbons (Fsp3) is 0.208. The van der Waals surface area contributed by atoms with E-state index >= 15 is 0 Å². The van der Waals surface area contributed by atoms with Crippen molar-refractivity contribution >= 4 is 46.2 Å². The zero-order valence-electron chi connectivity index (χ0n) is 18.6. The number of carbonyl (C=O) groups is 1. The van der Waals surface area contributed by atoms with Gasteiger partial charge in [0.2, 0.25) is 0 Å². The van der Waals surface area contributed by atoms with Crippen molar-refractivity contribution in [1.29, 1.82) is 0 Å². The summed E-state index contributed by atoms with van der Waals surface area (Å²) in [5.41, 5.74) is 3.59. The maximum absolute atomic E-state index is 13.4. The van der Waals surface area contributed by atoms with E-state index in [1.807, 2.05) is 38.1 Å². The van der Waals surface area contributed by atoms with Gasteiger partial charge >= 0.3 is 0 Å². The highest BCUT2D eigenvalue weighted by molar-refractivity contribution is 8.13. The SMILES string of the molecule is COc1ccc(C=C2N=C(SCc3c(C)noc3C)N(c3ccc(Cl)c(OC)c3)C2=O)cc1. The molecule has 2 aromatic carbocycles. The number of benzene rings is 2. The van der Waals surface area contributed by atoms with Gasteiger partial charge in [0.15, 0.2) is 5.17 Å². The molecule has 0 spiro atoms. The number of methoxy groups -OCH3 is 2. The molecule has 4 rings (SSSR count). The van der Waals surface area contributed by atoms with Crippen molar-refractivity contribution in [2.45, 2.75) is 19.6 Å². The Hall–Kier alpha value is -3.23. The highest BCUT2D eigenvalue weighted by atomic mass is 35.5. The predicted octanol–water partition coefficient (Wildman–Crippen LogP) is 5.64. The normalized spacial score (nSPS) is 14.7. The van der Waals surface area contributed by atoms with Gasteiger partial charge in [0.05, 0.1) is 30.6 Å². The zero-order valence-corrected chi connectivity index (χ0v) is 20.2. The highest BCUT2D eigenvalue weighted by Crippen LogP contribution is 2.35. The number of aromatic nitrogens is 1. The van der Waals surface area contributed by atoms with Crippen molar-refractivity contribution in [1.82, 2.24) is 5.16 Å². The Labute approximate surface area is 201 Å². The van der Waals surface area contributed by atoms with Crippen LogP contribution in [-0.4, -0.2) is 30.5 Å². The molecule has 1 aromatic heterocycles. The minimum atomic E-state index is -0.239. The summed E-state index contributed by atoms with van der Waals surface area (Å²) in [6.45, 7) is 3.76. The molecule has 0 bridgehead atoms. The lowest BCUT2D eigenvalue weighted by atomic mass is 10.2. The molecule has 0 radical (unpaired) electrons. The number of amides is 1. The monoisotopic (exact) mass is 483 g/mol. The molecule has 0 saturated heterocycles. The van der Waals surface area contributed by atoms with Crippen LogP contribution >= 0.6 is 23.4 Å². The van der Waals surface area contributed by atoms with Crippen LogP contribution in [0.4, 0.5) is 5.69 Å². The molecule has 0 N–H and O–H groups in total. The van der Waals surface area contributed by atoms with E-state index in [1.165, 1.54) is 18.9 Å². The number of carbonyl (C=O) groups excluding carboxylic acids is 1. The first-order valence-electron chi connectivity index (χ1n) is 10.1. The topological polar surface area (TPSA) is 77.2 Å². The number of rotatable bonds is 6. The number of aliphatic imine (C=N–C) groups is 1. The number of amidine groups is 1. The third kappa shape index (κ3) is 4.77. The summed E-state index contributed by atoms with van der Waals surface area (Å²) in [5, 5.41) is 5.02. The molecule has 0 atom stereocenters. The standard InChI is InChI=1S/C24H22ClN3O4S/c1-14-19(15(2)32-27-14)13-33-24-26-21(11-16-5-8-18(30-3)9-6-16)23(29)28(24)17-7-10-20(25)22(12-17)31-4/h5-12H,13H2,1-4H3. The van der Waals surface area contributed by atoms with Crippen LogP contribution in [0.1, 0.15) is 22.6 Å². The average Bonchev–Trinajstić information content (AvgIpc) is 3.31. The molecule has 9 heteroatoms. The van der Waals surface area contributed by atoms with Crippen LogP contribution in [0.25, 0.3) is 6.08 Å². The summed E-state index contributed by atoms with van der Waals surface area (Å²) < 4.78 is 15.8. The van der Waals surface area contributed by atoms with Gasteiger partial charge in [0.25, 0.3) is 5.91 Å². The van der Waals surface area contributed by atoms with Gasteiger partial charge < -0.3 is 14.0 Å². The van der Waals surface area contributed by atoms with Gasteiger partial charge in [-0.25, -0.2) is 4.99 Å². The van der Waals surface area contributed by atoms with Crippen molar-refractivity contribution in [3.8, 4) is 11.5 Å². The second kappa shape index (κ2) is 9.72. The second-order valence-corrected chi connectivity index (χ2v) is 8.60. The molecule has 7 nitrogen and oxygen atoms in total. The Morgan fingerprint density at radius 3 is 2.52 bits per heavy atom. The summed E-state index contributed by atoms with van der Waals surface area (Å²) in [7, 11) is 3.14. The molecule has 33 heavy (non-hydrogen) atoms. The number of ether oxygens (including phenoxy) is 2. The largest absolute Gasteiger partial charge is 0.497 e. The van der Waals surface area contributed by atoms with Crippen LogP contribution in [0, 0.1) is 13.8 Å². The van der Waals surface area contributed by atoms with E-state index in [9.17, 15) is 4.79 Å². The summed E-state index contributed by atoms with van der Waals surface area (Å²) in [6.07, 6.45) is 1.76. The number of aryl methyl sites for hydroxylation is 2. The van der Waals surface area contributed by atoms with E-state index in [2.05, 4.69) is 10.1 Å². The molecule has 0 saturated carbocycles. The Balaban J connectivity index is 1.70. The number of anilines is 1. The molecule has 1 aliphatic heterocycles. The Bertz CT molecular complexity index is 1230. The predicted molar refractivity (Wildman–Crippen MR) is 131 cm³/mol. The quantitative estimate of drug-likeness (QED) is 0.422. The van der Waals surface area contributed by atoms with Gasteiger partial charge in [-0.2, -0.15) is 0 Å². The van der Waals surface area contributed by atoms with Crippen molar-refractivity contribution < 1.29 is 18.8 Å². The number of thioether (sulfide) groups is 1. The summed E-state index contributed by atoms with van der Waals surface area (Å²) in [5.74, 6) is 2.29. The zero-order chi connectivity index (χ0) is 23.5. The molecule has 0 unspecified atom stereocenters. The fourth-order valence-corrected chi connectivity index (χ4v) is 4.67. The van der Waals surface area contributed by atoms with Crippen LogP contribution in [-0.2, 0) is 10.5 Å². The lowest BCUT2D eigenvalue weighted by Crippen LogP contribution is -2.30. The van der Waals surface area contributed by atoms with E-state index < -0.39 is 0 Å². The maximum Gasteiger partial charge on any atom is 0.283 e. The highest BCUT2D eigenvalue weighted by Gasteiger charge is 2.33. The lowest BCUT2D eigenvalue weighted by Gasteiger charge is -2.19. The first-order chi connectivity index (χ1) is 15.9. The van der Waals surface area contributed by atoms with Crippen LogP contribution in [0.5, 0.6) is 11.5 Å². The molecule has 3 aromatic rings. The van der Waals surface area contributed by atoms with Gasteiger partial charge in [-0.05, 0) is 49.8 Å². The summed E-state index contributed by atoms with van der Waals surface area (Å²) in [6, 6.07) is 12.6. The number of nitrogens with zero attached hydrogens (tertiary/aromatic N) is 3. The minimum Gasteiger partial charge on any atom is -0.497 e. The number of hydrogen-bond donors (Lipinski definition) is 0. The van der Waals surface area contributed by atoms with E-state index in [4.69, 9.17) is 25.6 Å². The first kappa shape index (κ1) is 22.9. The molecular formula is C24H22ClN3O4S. The van der Waals surface area contributed by atoms with Crippen molar-refractivity contribution in [3.63, 3.8) is 0 Å². The van der Waals surface area contributed by atoms with Gasteiger partial charge in [0, 0.05) is 17.4 Å². The van der Waals surface area contributed by atoms with E-state index in [-0.39, 0.29) is 5.91 Å².